The van der Waals surface area contributed by atoms with Crippen LogP contribution < -0.4 is 4.90 Å². The minimum atomic E-state index is -0.204. The number of benzene rings is 2. The van der Waals surface area contributed by atoms with E-state index in [2.05, 4.69) is 35.2 Å². The molecule has 0 aliphatic carbocycles. The van der Waals surface area contributed by atoms with Gasteiger partial charge in [-0.2, -0.15) is 0 Å². The second-order valence-electron chi connectivity index (χ2n) is 7.78. The number of anilines is 1. The van der Waals surface area contributed by atoms with Crippen LogP contribution in [0.5, 0.6) is 0 Å². The van der Waals surface area contributed by atoms with E-state index in [1.54, 1.807) is 0 Å². The lowest BCUT2D eigenvalue weighted by Gasteiger charge is -2.26. The summed E-state index contributed by atoms with van der Waals surface area (Å²) in [6.07, 6.45) is 4.93. The summed E-state index contributed by atoms with van der Waals surface area (Å²) in [5.41, 5.74) is 4.38. The smallest absolute Gasteiger partial charge is 0.253 e. The third kappa shape index (κ3) is 4.33. The maximum Gasteiger partial charge on any atom is 0.253 e. The summed E-state index contributed by atoms with van der Waals surface area (Å²) in [4.78, 5) is 16.9. The summed E-state index contributed by atoms with van der Waals surface area (Å²) in [6.45, 7) is 3.41. The van der Waals surface area contributed by atoms with Crippen molar-refractivity contribution < 1.29 is 9.90 Å². The average molecular weight is 364 g/mol. The maximum atomic E-state index is 12.7. The highest BCUT2D eigenvalue weighted by atomic mass is 16.3. The lowest BCUT2D eigenvalue weighted by molar-refractivity contribution is 0.0724. The summed E-state index contributed by atoms with van der Waals surface area (Å²) in [5, 5.41) is 9.70. The maximum absolute atomic E-state index is 12.7. The predicted octanol–water partition coefficient (Wildman–Crippen LogP) is 3.47. The fourth-order valence-corrected chi connectivity index (χ4v) is 4.13. The van der Waals surface area contributed by atoms with Crippen LogP contribution in [0, 0.1) is 0 Å². The molecule has 27 heavy (non-hydrogen) atoms. The van der Waals surface area contributed by atoms with Gasteiger partial charge in [0.15, 0.2) is 0 Å². The first-order valence-corrected chi connectivity index (χ1v) is 10.1. The third-order valence-electron chi connectivity index (χ3n) is 5.69. The van der Waals surface area contributed by atoms with E-state index in [1.807, 2.05) is 23.1 Å². The number of piperidine rings is 1. The van der Waals surface area contributed by atoms with Gasteiger partial charge in [-0.25, -0.2) is 0 Å². The number of nitrogens with zero attached hydrogens (tertiary/aromatic N) is 2. The fraction of sp³-hybridized carbons (Fsp3) is 0.435. The topological polar surface area (TPSA) is 43.8 Å². The second kappa shape index (κ2) is 8.13. The van der Waals surface area contributed by atoms with Crippen molar-refractivity contribution in [2.24, 2.45) is 0 Å². The average Bonchev–Trinajstić information content (AvgIpc) is 3.15. The van der Waals surface area contributed by atoms with Crippen LogP contribution in [0.4, 0.5) is 5.69 Å². The molecule has 1 amide bonds. The number of hydrogen-bond acceptors (Lipinski definition) is 3. The third-order valence-corrected chi connectivity index (χ3v) is 5.69. The summed E-state index contributed by atoms with van der Waals surface area (Å²) in [7, 11) is 0. The molecule has 2 saturated heterocycles. The van der Waals surface area contributed by atoms with Gasteiger partial charge >= 0.3 is 0 Å². The molecule has 4 rings (SSSR count). The highest BCUT2D eigenvalue weighted by Crippen LogP contribution is 2.22. The van der Waals surface area contributed by atoms with Crippen LogP contribution in [0.2, 0.25) is 0 Å². The molecule has 4 nitrogen and oxygen atoms in total. The Labute approximate surface area is 161 Å². The fourth-order valence-electron chi connectivity index (χ4n) is 4.13. The zero-order chi connectivity index (χ0) is 18.6. The van der Waals surface area contributed by atoms with E-state index in [0.717, 1.165) is 57.4 Å². The Bertz CT molecular complexity index is 781. The number of amides is 1. The number of aliphatic hydroxyl groups excluding tert-OH is 1. The standard InChI is InChI=1S/C23H28N2O2/c26-22-11-14-25(17-22)21-9-7-18(8-10-21)15-19-5-4-6-20(16-19)23(27)24-12-2-1-3-13-24/h4-10,16,22,26H,1-3,11-15,17H2. The molecule has 0 radical (unpaired) electrons. The number of hydrogen-bond donors (Lipinski definition) is 1. The molecule has 0 saturated carbocycles. The number of aliphatic hydroxyl groups is 1. The zero-order valence-electron chi connectivity index (χ0n) is 15.8. The van der Waals surface area contributed by atoms with Gasteiger partial charge in [0, 0.05) is 37.4 Å². The van der Waals surface area contributed by atoms with Gasteiger partial charge in [-0.05, 0) is 67.5 Å². The normalized spacial score (nSPS) is 20.1. The van der Waals surface area contributed by atoms with Crippen molar-refractivity contribution in [3.8, 4) is 0 Å². The molecule has 1 unspecified atom stereocenters. The highest BCUT2D eigenvalue weighted by molar-refractivity contribution is 5.94. The molecular formula is C23H28N2O2. The Hall–Kier alpha value is -2.33. The van der Waals surface area contributed by atoms with Crippen LogP contribution >= 0.6 is 0 Å². The van der Waals surface area contributed by atoms with Crippen LogP contribution in [-0.4, -0.2) is 48.2 Å². The summed E-state index contributed by atoms with van der Waals surface area (Å²) < 4.78 is 0. The molecular weight excluding hydrogens is 336 g/mol. The molecule has 2 aliphatic rings. The van der Waals surface area contributed by atoms with Crippen LogP contribution in [-0.2, 0) is 6.42 Å². The van der Waals surface area contributed by atoms with Gasteiger partial charge in [-0.15, -0.1) is 0 Å². The molecule has 1 N–H and O–H groups in total. The molecule has 0 aromatic heterocycles. The van der Waals surface area contributed by atoms with E-state index in [9.17, 15) is 9.90 Å². The highest BCUT2D eigenvalue weighted by Gasteiger charge is 2.20. The van der Waals surface area contributed by atoms with E-state index in [4.69, 9.17) is 0 Å². The van der Waals surface area contributed by atoms with Crippen molar-refractivity contribution in [2.45, 2.75) is 38.2 Å². The van der Waals surface area contributed by atoms with Gasteiger partial charge in [0.05, 0.1) is 6.10 Å². The van der Waals surface area contributed by atoms with E-state index in [0.29, 0.717) is 0 Å². The molecule has 2 aromatic rings. The van der Waals surface area contributed by atoms with Crippen molar-refractivity contribution in [2.75, 3.05) is 31.1 Å². The molecule has 2 fully saturated rings. The number of carbonyl (C=O) groups is 1. The van der Waals surface area contributed by atoms with Crippen LogP contribution in [0.25, 0.3) is 0 Å². The van der Waals surface area contributed by atoms with Crippen molar-refractivity contribution in [3.05, 3.63) is 65.2 Å². The molecule has 2 aliphatic heterocycles. The number of likely N-dealkylation sites (tertiary alicyclic amines) is 1. The Kier molecular flexibility index (Phi) is 5.44. The Morgan fingerprint density at radius 3 is 2.44 bits per heavy atom. The molecule has 1 atom stereocenters. The molecule has 0 bridgehead atoms. The predicted molar refractivity (Wildman–Crippen MR) is 108 cm³/mol. The summed E-state index contributed by atoms with van der Waals surface area (Å²) in [6, 6.07) is 16.6. The van der Waals surface area contributed by atoms with Gasteiger partial charge in [-0.1, -0.05) is 24.3 Å². The van der Waals surface area contributed by atoms with Crippen LogP contribution in [0.15, 0.2) is 48.5 Å². The minimum Gasteiger partial charge on any atom is -0.391 e. The van der Waals surface area contributed by atoms with Gasteiger partial charge in [0.1, 0.15) is 0 Å². The number of carbonyl (C=O) groups excluding carboxylic acids is 1. The van der Waals surface area contributed by atoms with Gasteiger partial charge in [0.25, 0.3) is 5.91 Å². The minimum absolute atomic E-state index is 0.166. The Balaban J connectivity index is 1.42. The lowest BCUT2D eigenvalue weighted by Crippen LogP contribution is -2.35. The Morgan fingerprint density at radius 1 is 0.963 bits per heavy atom. The first kappa shape index (κ1) is 18.1. The van der Waals surface area contributed by atoms with Crippen LogP contribution in [0.1, 0.15) is 47.2 Å². The SMILES string of the molecule is O=C(c1cccc(Cc2ccc(N3CCC(O)C3)cc2)c1)N1CCCCC1. The first-order chi connectivity index (χ1) is 13.2. The zero-order valence-corrected chi connectivity index (χ0v) is 15.8. The number of rotatable bonds is 4. The van der Waals surface area contributed by atoms with Gasteiger partial charge in [-0.3, -0.25) is 4.79 Å². The first-order valence-electron chi connectivity index (χ1n) is 10.1. The lowest BCUT2D eigenvalue weighted by atomic mass is 10.0. The van der Waals surface area contributed by atoms with E-state index >= 15 is 0 Å². The van der Waals surface area contributed by atoms with E-state index in [-0.39, 0.29) is 12.0 Å². The molecule has 0 spiro atoms. The van der Waals surface area contributed by atoms with Gasteiger partial charge in [0.2, 0.25) is 0 Å². The monoisotopic (exact) mass is 364 g/mol. The van der Waals surface area contributed by atoms with Crippen molar-refractivity contribution in [3.63, 3.8) is 0 Å². The summed E-state index contributed by atoms with van der Waals surface area (Å²) in [5.74, 6) is 0.166. The largest absolute Gasteiger partial charge is 0.391 e. The quantitative estimate of drug-likeness (QED) is 0.903. The van der Waals surface area contributed by atoms with Crippen LogP contribution in [0.3, 0.4) is 0 Å². The molecule has 2 heterocycles. The van der Waals surface area contributed by atoms with E-state index < -0.39 is 0 Å². The second-order valence-corrected chi connectivity index (χ2v) is 7.78. The van der Waals surface area contributed by atoms with Crippen molar-refractivity contribution in [1.29, 1.82) is 0 Å². The van der Waals surface area contributed by atoms with Crippen molar-refractivity contribution in [1.82, 2.24) is 4.90 Å². The molecule has 142 valence electrons. The molecule has 4 heteroatoms. The van der Waals surface area contributed by atoms with Crippen molar-refractivity contribution >= 4 is 11.6 Å². The molecule has 2 aromatic carbocycles. The Morgan fingerprint density at radius 2 is 1.74 bits per heavy atom. The van der Waals surface area contributed by atoms with E-state index in [1.165, 1.54) is 23.2 Å². The number of β-amino-alcohol motifs (C(OH)–C–C–N with tert-alkyl or cyclic N) is 1. The van der Waals surface area contributed by atoms with Gasteiger partial charge < -0.3 is 14.9 Å². The summed E-state index contributed by atoms with van der Waals surface area (Å²) >= 11 is 0.